The summed E-state index contributed by atoms with van der Waals surface area (Å²) in [5.74, 6) is 1.65. The molecular formula is C25H27N5O5S. The molecule has 4 heterocycles. The molecular weight excluding hydrogens is 482 g/mol. The summed E-state index contributed by atoms with van der Waals surface area (Å²) in [6.45, 7) is 4.83. The summed E-state index contributed by atoms with van der Waals surface area (Å²) in [5.41, 5.74) is 1.46. The summed E-state index contributed by atoms with van der Waals surface area (Å²) in [5, 5.41) is 15.3. The number of morpholine rings is 1. The Labute approximate surface area is 214 Å². The van der Waals surface area contributed by atoms with Crippen molar-refractivity contribution in [2.75, 3.05) is 46.5 Å². The number of non-ortho nitro benzene ring substituents is 1. The van der Waals surface area contributed by atoms with E-state index in [9.17, 15) is 10.1 Å². The number of ether oxygens (including phenoxy) is 2. The van der Waals surface area contributed by atoms with Crippen molar-refractivity contribution in [1.82, 2.24) is 20.1 Å². The average Bonchev–Trinajstić information content (AvgIpc) is 3.52. The second kappa shape index (κ2) is 10.6. The van der Waals surface area contributed by atoms with Gasteiger partial charge in [-0.3, -0.25) is 20.0 Å². The summed E-state index contributed by atoms with van der Waals surface area (Å²) in [7, 11) is 1.48. The predicted molar refractivity (Wildman–Crippen MR) is 137 cm³/mol. The minimum atomic E-state index is -0.450. The van der Waals surface area contributed by atoms with Gasteiger partial charge < -0.3 is 24.1 Å². The Hall–Kier alpha value is -3.54. The summed E-state index contributed by atoms with van der Waals surface area (Å²) in [4.78, 5) is 19.8. The van der Waals surface area contributed by atoms with E-state index in [0.29, 0.717) is 22.2 Å². The average molecular weight is 510 g/mol. The van der Waals surface area contributed by atoms with Crippen LogP contribution < -0.4 is 10.1 Å². The number of thiocarbonyl (C=S) groups is 1. The number of methoxy groups -OCH3 is 1. The van der Waals surface area contributed by atoms with E-state index in [1.807, 2.05) is 30.3 Å². The van der Waals surface area contributed by atoms with Crippen molar-refractivity contribution < 1.29 is 18.8 Å². The Morgan fingerprint density at radius 3 is 2.75 bits per heavy atom. The molecule has 10 nitrogen and oxygen atoms in total. The van der Waals surface area contributed by atoms with Crippen molar-refractivity contribution in [3.05, 3.63) is 76.3 Å². The van der Waals surface area contributed by atoms with Gasteiger partial charge in [0, 0.05) is 38.4 Å². The number of hydrogen-bond acceptors (Lipinski definition) is 8. The molecule has 3 aromatic rings. The summed E-state index contributed by atoms with van der Waals surface area (Å²) < 4.78 is 17.3. The van der Waals surface area contributed by atoms with Crippen LogP contribution in [-0.4, -0.2) is 71.3 Å². The fraction of sp³-hybridized carbons (Fsp3) is 0.360. The van der Waals surface area contributed by atoms with Crippen LogP contribution in [0.3, 0.4) is 0 Å². The molecule has 1 aromatic carbocycles. The maximum atomic E-state index is 11.2. The van der Waals surface area contributed by atoms with Gasteiger partial charge in [-0.2, -0.15) is 0 Å². The van der Waals surface area contributed by atoms with Crippen LogP contribution in [0, 0.1) is 10.1 Å². The third-order valence-electron chi connectivity index (χ3n) is 6.54. The van der Waals surface area contributed by atoms with E-state index in [-0.39, 0.29) is 17.8 Å². The van der Waals surface area contributed by atoms with Crippen molar-refractivity contribution in [1.29, 1.82) is 0 Å². The molecule has 2 aliphatic heterocycles. The van der Waals surface area contributed by atoms with E-state index in [4.69, 9.17) is 26.1 Å². The fourth-order valence-electron chi connectivity index (χ4n) is 4.68. The Bertz CT molecular complexity index is 1230. The normalized spacial score (nSPS) is 20.4. The zero-order valence-electron chi connectivity index (χ0n) is 19.8. The molecule has 5 rings (SSSR count). The van der Waals surface area contributed by atoms with Crippen LogP contribution in [0.5, 0.6) is 5.75 Å². The number of furan rings is 1. The minimum absolute atomic E-state index is 0.0442. The van der Waals surface area contributed by atoms with Gasteiger partial charge in [-0.05, 0) is 42.5 Å². The Morgan fingerprint density at radius 1 is 1.19 bits per heavy atom. The smallest absolute Gasteiger partial charge is 0.273 e. The molecule has 0 saturated carbocycles. The van der Waals surface area contributed by atoms with E-state index in [2.05, 4.69) is 20.1 Å². The van der Waals surface area contributed by atoms with Crippen molar-refractivity contribution in [3.63, 3.8) is 0 Å². The van der Waals surface area contributed by atoms with Crippen LogP contribution in [-0.2, 0) is 4.74 Å². The number of rotatable bonds is 8. The monoisotopic (exact) mass is 509 g/mol. The second-order valence-corrected chi connectivity index (χ2v) is 9.00. The number of pyridine rings is 1. The lowest BCUT2D eigenvalue weighted by Crippen LogP contribution is -2.42. The van der Waals surface area contributed by atoms with Crippen molar-refractivity contribution in [2.45, 2.75) is 12.1 Å². The standard InChI is InChI=1S/C25H27N5O5S/c1-33-22-16-17(30(31)32)5-6-18(22)20-7-8-21(35-20)24-23(19-4-2-3-9-26-19)27-25(36)29(24)11-10-28-12-14-34-15-13-28/h2-9,16,23-24H,10-15H2,1H3,(H,27,36)/t23-,24+/m0/s1. The summed E-state index contributed by atoms with van der Waals surface area (Å²) in [6.07, 6.45) is 1.77. The molecule has 11 heteroatoms. The molecule has 0 radical (unpaired) electrons. The van der Waals surface area contributed by atoms with E-state index < -0.39 is 4.92 Å². The summed E-state index contributed by atoms with van der Waals surface area (Å²) in [6, 6.07) is 13.7. The first-order valence-electron chi connectivity index (χ1n) is 11.8. The number of nitro benzene ring substituents is 1. The molecule has 0 amide bonds. The maximum Gasteiger partial charge on any atom is 0.273 e. The highest BCUT2D eigenvalue weighted by atomic mass is 32.1. The van der Waals surface area contributed by atoms with E-state index >= 15 is 0 Å². The molecule has 0 aliphatic carbocycles. The predicted octanol–water partition coefficient (Wildman–Crippen LogP) is 3.56. The molecule has 2 aliphatic rings. The second-order valence-electron chi connectivity index (χ2n) is 8.62. The third-order valence-corrected chi connectivity index (χ3v) is 6.89. The van der Waals surface area contributed by atoms with Gasteiger partial charge in [-0.25, -0.2) is 0 Å². The van der Waals surface area contributed by atoms with E-state index in [1.54, 1.807) is 12.3 Å². The van der Waals surface area contributed by atoms with Crippen molar-refractivity contribution in [2.24, 2.45) is 0 Å². The van der Waals surface area contributed by atoms with Gasteiger partial charge in [0.2, 0.25) is 0 Å². The fourth-order valence-corrected chi connectivity index (χ4v) is 5.01. The maximum absolute atomic E-state index is 11.2. The molecule has 2 fully saturated rings. The minimum Gasteiger partial charge on any atom is -0.496 e. The van der Waals surface area contributed by atoms with Gasteiger partial charge in [0.1, 0.15) is 23.3 Å². The first-order chi connectivity index (χ1) is 17.5. The van der Waals surface area contributed by atoms with Gasteiger partial charge in [0.15, 0.2) is 5.11 Å². The lowest BCUT2D eigenvalue weighted by Gasteiger charge is -2.31. The molecule has 36 heavy (non-hydrogen) atoms. The summed E-state index contributed by atoms with van der Waals surface area (Å²) >= 11 is 5.76. The van der Waals surface area contributed by atoms with Gasteiger partial charge in [-0.15, -0.1) is 0 Å². The van der Waals surface area contributed by atoms with Gasteiger partial charge >= 0.3 is 0 Å². The van der Waals surface area contributed by atoms with E-state index in [0.717, 1.165) is 50.8 Å². The van der Waals surface area contributed by atoms with Crippen molar-refractivity contribution in [3.8, 4) is 17.1 Å². The Balaban J connectivity index is 1.46. The molecule has 2 aromatic heterocycles. The quantitative estimate of drug-likeness (QED) is 0.275. The molecule has 1 N–H and O–H groups in total. The number of nitro groups is 1. The zero-order chi connectivity index (χ0) is 25.1. The van der Waals surface area contributed by atoms with Crippen LogP contribution in [0.1, 0.15) is 23.5 Å². The van der Waals surface area contributed by atoms with E-state index in [1.165, 1.54) is 19.2 Å². The van der Waals surface area contributed by atoms with Gasteiger partial charge in [-0.1, -0.05) is 6.07 Å². The Kier molecular flexibility index (Phi) is 7.12. The molecule has 2 atom stereocenters. The first-order valence-corrected chi connectivity index (χ1v) is 12.2. The van der Waals surface area contributed by atoms with Crippen molar-refractivity contribution >= 4 is 23.0 Å². The number of aromatic nitrogens is 1. The lowest BCUT2D eigenvalue weighted by molar-refractivity contribution is -0.384. The Morgan fingerprint density at radius 2 is 2.03 bits per heavy atom. The third kappa shape index (κ3) is 4.90. The number of hydrogen-bond donors (Lipinski definition) is 1. The highest BCUT2D eigenvalue weighted by molar-refractivity contribution is 7.80. The zero-order valence-corrected chi connectivity index (χ0v) is 20.6. The highest BCUT2D eigenvalue weighted by Gasteiger charge is 2.41. The number of nitrogens with zero attached hydrogens (tertiary/aromatic N) is 4. The number of nitrogens with one attached hydrogen (secondary N) is 1. The van der Waals surface area contributed by atoms with Crippen LogP contribution in [0.2, 0.25) is 0 Å². The topological polar surface area (TPSA) is 106 Å². The molecule has 0 spiro atoms. The molecule has 0 unspecified atom stereocenters. The SMILES string of the molecule is COc1cc([N+](=O)[O-])ccc1-c1ccc([C@@H]2[C@H](c3ccccn3)NC(=S)N2CCN2CCOCC2)o1. The van der Waals surface area contributed by atoms with Gasteiger partial charge in [0.25, 0.3) is 5.69 Å². The molecule has 188 valence electrons. The lowest BCUT2D eigenvalue weighted by atomic mass is 10.0. The van der Waals surface area contributed by atoms with Crippen LogP contribution in [0.25, 0.3) is 11.3 Å². The van der Waals surface area contributed by atoms with Gasteiger partial charge in [0.05, 0.1) is 48.6 Å². The first kappa shape index (κ1) is 24.2. The van der Waals surface area contributed by atoms with Crippen LogP contribution >= 0.6 is 12.2 Å². The molecule has 0 bridgehead atoms. The van der Waals surface area contributed by atoms with Crippen LogP contribution in [0.4, 0.5) is 5.69 Å². The van der Waals surface area contributed by atoms with Crippen LogP contribution in [0.15, 0.2) is 59.1 Å². The largest absolute Gasteiger partial charge is 0.496 e. The molecule has 2 saturated heterocycles. The number of benzene rings is 1. The highest BCUT2D eigenvalue weighted by Crippen LogP contribution is 2.42.